The summed E-state index contributed by atoms with van der Waals surface area (Å²) in [7, 11) is 0. The number of amides is 1. The summed E-state index contributed by atoms with van der Waals surface area (Å²) in [6.07, 6.45) is 6.99. The van der Waals surface area contributed by atoms with Crippen molar-refractivity contribution >= 4 is 5.91 Å². The van der Waals surface area contributed by atoms with Crippen molar-refractivity contribution in [3.63, 3.8) is 0 Å². The van der Waals surface area contributed by atoms with Crippen molar-refractivity contribution in [2.24, 2.45) is 0 Å². The first kappa shape index (κ1) is 13.3. The number of hydrogen-bond acceptors (Lipinski definition) is 2. The highest BCUT2D eigenvalue weighted by Gasteiger charge is 2.54. The van der Waals surface area contributed by atoms with Gasteiger partial charge < -0.3 is 9.64 Å². The molecule has 1 heterocycles. The number of ether oxygens (including phenoxy) is 1. The molecular weight excluding hydrogens is 262 g/mol. The van der Waals surface area contributed by atoms with Crippen molar-refractivity contribution in [1.29, 1.82) is 0 Å². The fraction of sp³-hybridized carbons (Fsp3) is 0.611. The van der Waals surface area contributed by atoms with Crippen LogP contribution in [0.3, 0.4) is 0 Å². The monoisotopic (exact) mass is 285 g/mol. The summed E-state index contributed by atoms with van der Waals surface area (Å²) in [6.45, 7) is 1.48. The molecule has 2 saturated carbocycles. The Morgan fingerprint density at radius 3 is 2.67 bits per heavy atom. The van der Waals surface area contributed by atoms with E-state index >= 15 is 0 Å². The molecule has 2 atom stereocenters. The van der Waals surface area contributed by atoms with E-state index in [4.69, 9.17) is 4.74 Å². The molecule has 3 heteroatoms. The maximum absolute atomic E-state index is 13.2. The number of morpholine rings is 1. The number of fused-ring (bicyclic) bond motifs is 1. The summed E-state index contributed by atoms with van der Waals surface area (Å²) in [4.78, 5) is 15.4. The fourth-order valence-corrected chi connectivity index (χ4v) is 4.13. The highest BCUT2D eigenvalue weighted by Crippen LogP contribution is 2.50. The average molecular weight is 285 g/mol. The first-order valence-corrected chi connectivity index (χ1v) is 8.29. The Hall–Kier alpha value is -1.35. The number of benzene rings is 1. The Morgan fingerprint density at radius 2 is 1.90 bits per heavy atom. The van der Waals surface area contributed by atoms with Crippen LogP contribution in [-0.4, -0.2) is 36.1 Å². The van der Waals surface area contributed by atoms with E-state index < -0.39 is 0 Å². The molecule has 1 aliphatic heterocycles. The zero-order valence-corrected chi connectivity index (χ0v) is 12.5. The van der Waals surface area contributed by atoms with Crippen LogP contribution in [-0.2, 0) is 14.9 Å². The van der Waals surface area contributed by atoms with Crippen molar-refractivity contribution in [1.82, 2.24) is 4.90 Å². The molecule has 2 aliphatic carbocycles. The molecule has 1 saturated heterocycles. The quantitative estimate of drug-likeness (QED) is 0.836. The summed E-state index contributed by atoms with van der Waals surface area (Å²) in [5.41, 5.74) is 0.981. The third kappa shape index (κ3) is 2.18. The standard InChI is InChI=1S/C18H23NO2/c20-17(18(10-11-18)14-6-2-1-3-7-14)19-12-13-21-16-9-5-4-8-15(16)19/h1-3,6-7,15-16H,4-5,8-13H2/t15-,16-/m0/s1. The maximum atomic E-state index is 13.2. The fourth-order valence-electron chi connectivity index (χ4n) is 4.13. The Kier molecular flexibility index (Phi) is 3.26. The molecule has 3 nitrogen and oxygen atoms in total. The third-order valence-corrected chi connectivity index (χ3v) is 5.48. The van der Waals surface area contributed by atoms with Crippen LogP contribution in [0.1, 0.15) is 44.1 Å². The highest BCUT2D eigenvalue weighted by molar-refractivity contribution is 5.91. The third-order valence-electron chi connectivity index (χ3n) is 5.48. The van der Waals surface area contributed by atoms with Gasteiger partial charge in [-0.1, -0.05) is 43.2 Å². The van der Waals surface area contributed by atoms with Crippen molar-refractivity contribution in [2.75, 3.05) is 13.2 Å². The van der Waals surface area contributed by atoms with Crippen LogP contribution in [0.25, 0.3) is 0 Å². The van der Waals surface area contributed by atoms with E-state index in [-0.39, 0.29) is 11.5 Å². The van der Waals surface area contributed by atoms with E-state index in [1.807, 2.05) is 18.2 Å². The molecule has 0 unspecified atom stereocenters. The maximum Gasteiger partial charge on any atom is 0.233 e. The average Bonchev–Trinajstić information content (AvgIpc) is 3.36. The van der Waals surface area contributed by atoms with Crippen LogP contribution in [0, 0.1) is 0 Å². The summed E-state index contributed by atoms with van der Waals surface area (Å²) < 4.78 is 5.91. The van der Waals surface area contributed by atoms with Crippen molar-refractivity contribution in [2.45, 2.75) is 56.1 Å². The summed E-state index contributed by atoms with van der Waals surface area (Å²) in [6, 6.07) is 10.7. The number of carbonyl (C=O) groups excluding carboxylic acids is 1. The number of nitrogens with zero attached hydrogens (tertiary/aromatic N) is 1. The molecule has 0 aromatic heterocycles. The zero-order valence-electron chi connectivity index (χ0n) is 12.5. The highest BCUT2D eigenvalue weighted by atomic mass is 16.5. The minimum Gasteiger partial charge on any atom is -0.374 e. The molecule has 3 fully saturated rings. The van der Waals surface area contributed by atoms with E-state index in [1.165, 1.54) is 18.4 Å². The van der Waals surface area contributed by atoms with Gasteiger partial charge in [0.2, 0.25) is 5.91 Å². The van der Waals surface area contributed by atoms with Gasteiger partial charge in [-0.3, -0.25) is 4.79 Å². The lowest BCUT2D eigenvalue weighted by Crippen LogP contribution is -2.57. The second-order valence-corrected chi connectivity index (χ2v) is 6.71. The molecular formula is C18H23NO2. The summed E-state index contributed by atoms with van der Waals surface area (Å²) >= 11 is 0. The molecule has 0 spiro atoms. The molecule has 0 bridgehead atoms. The zero-order chi connectivity index (χ0) is 14.3. The number of hydrogen-bond donors (Lipinski definition) is 0. The van der Waals surface area contributed by atoms with Gasteiger partial charge in [-0.15, -0.1) is 0 Å². The lowest BCUT2D eigenvalue weighted by molar-refractivity contribution is -0.152. The van der Waals surface area contributed by atoms with Gasteiger partial charge in [-0.25, -0.2) is 0 Å². The molecule has 3 aliphatic rings. The van der Waals surface area contributed by atoms with Crippen molar-refractivity contribution in [3.05, 3.63) is 35.9 Å². The van der Waals surface area contributed by atoms with Crippen LogP contribution in [0.4, 0.5) is 0 Å². The van der Waals surface area contributed by atoms with Gasteiger partial charge in [-0.05, 0) is 31.2 Å². The van der Waals surface area contributed by atoms with Gasteiger partial charge in [0.25, 0.3) is 0 Å². The Balaban J connectivity index is 1.59. The molecule has 1 aromatic carbocycles. The van der Waals surface area contributed by atoms with Gasteiger partial charge in [-0.2, -0.15) is 0 Å². The van der Waals surface area contributed by atoms with Crippen LogP contribution < -0.4 is 0 Å². The minimum absolute atomic E-state index is 0.222. The predicted octanol–water partition coefficient (Wildman–Crippen LogP) is 2.89. The minimum atomic E-state index is -0.222. The molecule has 4 rings (SSSR count). The smallest absolute Gasteiger partial charge is 0.233 e. The number of carbonyl (C=O) groups is 1. The van der Waals surface area contributed by atoms with Crippen LogP contribution >= 0.6 is 0 Å². The second kappa shape index (κ2) is 5.13. The Bertz CT molecular complexity index is 521. The van der Waals surface area contributed by atoms with Crippen LogP contribution in [0.5, 0.6) is 0 Å². The topological polar surface area (TPSA) is 29.5 Å². The molecule has 0 radical (unpaired) electrons. The van der Waals surface area contributed by atoms with Gasteiger partial charge in [0.1, 0.15) is 0 Å². The van der Waals surface area contributed by atoms with Crippen molar-refractivity contribution < 1.29 is 9.53 Å². The molecule has 0 N–H and O–H groups in total. The Morgan fingerprint density at radius 1 is 1.14 bits per heavy atom. The van der Waals surface area contributed by atoms with E-state index in [0.29, 0.717) is 18.6 Å². The molecule has 1 aromatic rings. The van der Waals surface area contributed by atoms with Crippen LogP contribution in [0.15, 0.2) is 30.3 Å². The van der Waals surface area contributed by atoms with Gasteiger partial charge in [0.15, 0.2) is 0 Å². The lowest BCUT2D eigenvalue weighted by Gasteiger charge is -2.45. The lowest BCUT2D eigenvalue weighted by atomic mass is 9.87. The van der Waals surface area contributed by atoms with Gasteiger partial charge in [0.05, 0.1) is 24.2 Å². The van der Waals surface area contributed by atoms with E-state index in [9.17, 15) is 4.79 Å². The first-order chi connectivity index (χ1) is 10.3. The predicted molar refractivity (Wildman–Crippen MR) is 81.1 cm³/mol. The van der Waals surface area contributed by atoms with E-state index in [0.717, 1.165) is 32.2 Å². The van der Waals surface area contributed by atoms with Crippen molar-refractivity contribution in [3.8, 4) is 0 Å². The first-order valence-electron chi connectivity index (χ1n) is 8.29. The van der Waals surface area contributed by atoms with Gasteiger partial charge in [0, 0.05) is 6.54 Å². The van der Waals surface area contributed by atoms with Crippen LogP contribution in [0.2, 0.25) is 0 Å². The molecule has 112 valence electrons. The number of rotatable bonds is 2. The van der Waals surface area contributed by atoms with Gasteiger partial charge >= 0.3 is 0 Å². The largest absolute Gasteiger partial charge is 0.374 e. The summed E-state index contributed by atoms with van der Waals surface area (Å²) in [5, 5.41) is 0. The Labute approximate surface area is 126 Å². The molecule has 1 amide bonds. The summed E-state index contributed by atoms with van der Waals surface area (Å²) in [5.74, 6) is 0.355. The normalized spacial score (nSPS) is 30.6. The van der Waals surface area contributed by atoms with E-state index in [1.54, 1.807) is 0 Å². The second-order valence-electron chi connectivity index (χ2n) is 6.71. The van der Waals surface area contributed by atoms with E-state index in [2.05, 4.69) is 17.0 Å². The molecule has 21 heavy (non-hydrogen) atoms. The SMILES string of the molecule is O=C(N1CCO[C@H]2CCCC[C@@H]21)C1(c2ccccc2)CC1.